The predicted octanol–water partition coefficient (Wildman–Crippen LogP) is 4.79. The zero-order valence-corrected chi connectivity index (χ0v) is 22.9. The molecule has 36 heavy (non-hydrogen) atoms. The van der Waals surface area contributed by atoms with Gasteiger partial charge in [-0.25, -0.2) is 4.98 Å². The first-order chi connectivity index (χ1) is 17.0. The summed E-state index contributed by atoms with van der Waals surface area (Å²) in [4.78, 5) is 42.1. The molecule has 2 N–H and O–H groups in total. The number of amides is 2. The van der Waals surface area contributed by atoms with Crippen LogP contribution in [0.15, 0.2) is 47.9 Å². The second-order valence-electron chi connectivity index (χ2n) is 8.68. The van der Waals surface area contributed by atoms with E-state index in [1.165, 1.54) is 36.1 Å². The summed E-state index contributed by atoms with van der Waals surface area (Å²) in [7, 11) is 1.71. The normalized spacial score (nSPS) is 12.9. The lowest BCUT2D eigenvalue weighted by atomic mass is 10.0. The van der Waals surface area contributed by atoms with Gasteiger partial charge in [0.1, 0.15) is 16.9 Å². The van der Waals surface area contributed by atoms with Gasteiger partial charge in [-0.15, -0.1) is 11.3 Å². The van der Waals surface area contributed by atoms with Crippen molar-refractivity contribution in [2.45, 2.75) is 78.7 Å². The number of unbranched alkanes of at least 4 members (excludes halogenated alkanes) is 1. The number of carbonyl (C=O) groups excluding carboxylic acids is 3. The van der Waals surface area contributed by atoms with Crippen LogP contribution < -0.4 is 5.32 Å². The van der Waals surface area contributed by atoms with Gasteiger partial charge in [-0.1, -0.05) is 61.4 Å². The van der Waals surface area contributed by atoms with Crippen LogP contribution in [0.5, 0.6) is 0 Å². The molecule has 0 aliphatic rings. The molecule has 0 radical (unpaired) electrons. The monoisotopic (exact) mass is 517 g/mol. The third-order valence-electron chi connectivity index (χ3n) is 5.23. The molecule has 1 heterocycles. The van der Waals surface area contributed by atoms with Crippen molar-refractivity contribution >= 4 is 29.1 Å². The van der Waals surface area contributed by atoms with Crippen molar-refractivity contribution < 1.29 is 24.2 Å². The molecule has 0 fully saturated rings. The fraction of sp³-hybridized carbons (Fsp3) is 0.481. The Kier molecular flexibility index (Phi) is 13.6. The Morgan fingerprint density at radius 2 is 1.86 bits per heavy atom. The van der Waals surface area contributed by atoms with Gasteiger partial charge < -0.3 is 20.1 Å². The molecular weight excluding hydrogens is 478 g/mol. The van der Waals surface area contributed by atoms with Gasteiger partial charge in [-0.05, 0) is 27.2 Å². The third-order valence-corrected chi connectivity index (χ3v) is 6.17. The summed E-state index contributed by atoms with van der Waals surface area (Å²) in [5.41, 5.74) is 2.21. The highest BCUT2D eigenvalue weighted by Gasteiger charge is 2.29. The second kappa shape index (κ2) is 15.9. The number of benzene rings is 1. The SMILES string of the molecule is C=C(C)[C@@H](C[C@@H](OC(C)=O)c1nc(C(=O)NC(C)O)cs1)N(C)C(=O)CCCC.Cc1ccccc1. The molecule has 3 atom stereocenters. The largest absolute Gasteiger partial charge is 0.455 e. The standard InChI is InChI=1S/C20H31N3O5S.C7H8/c1-7-8-9-18(26)23(6)16(12(2)3)10-17(28-14(5)25)20-22-15(11-29-20)19(27)21-13(4)24;1-7-5-3-2-4-6-7/h11,13,16-17,24H,2,7-10H2,1,3-6H3,(H,21,27);2-6H,1H3/t13?,16-,17-;/m1./s1. The number of aliphatic hydroxyl groups is 1. The molecule has 0 spiro atoms. The van der Waals surface area contributed by atoms with E-state index in [2.05, 4.69) is 35.9 Å². The molecule has 1 aromatic carbocycles. The highest BCUT2D eigenvalue weighted by Crippen LogP contribution is 2.30. The average Bonchev–Trinajstić information content (AvgIpc) is 3.30. The van der Waals surface area contributed by atoms with Gasteiger partial charge in [-0.3, -0.25) is 14.4 Å². The van der Waals surface area contributed by atoms with Crippen LogP contribution in [0.1, 0.15) is 80.5 Å². The molecule has 9 heteroatoms. The molecule has 1 unspecified atom stereocenters. The number of likely N-dealkylation sites (N-methyl/N-ethyl adjacent to an activating group) is 1. The Balaban J connectivity index is 0.000000789. The number of carbonyl (C=O) groups is 3. The van der Waals surface area contributed by atoms with Gasteiger partial charge in [0.25, 0.3) is 5.91 Å². The van der Waals surface area contributed by atoms with Crippen molar-refractivity contribution in [3.8, 4) is 0 Å². The molecule has 198 valence electrons. The highest BCUT2D eigenvalue weighted by atomic mass is 32.1. The summed E-state index contributed by atoms with van der Waals surface area (Å²) >= 11 is 1.18. The number of hydrogen-bond donors (Lipinski definition) is 2. The minimum absolute atomic E-state index is 0.00226. The average molecular weight is 518 g/mol. The van der Waals surface area contributed by atoms with Crippen LogP contribution in [-0.4, -0.2) is 52.1 Å². The van der Waals surface area contributed by atoms with E-state index < -0.39 is 24.2 Å². The topological polar surface area (TPSA) is 109 Å². The van der Waals surface area contributed by atoms with Crippen LogP contribution in [-0.2, 0) is 14.3 Å². The molecule has 0 saturated carbocycles. The lowest BCUT2D eigenvalue weighted by Gasteiger charge is -2.31. The Morgan fingerprint density at radius 1 is 1.22 bits per heavy atom. The predicted molar refractivity (Wildman–Crippen MR) is 142 cm³/mol. The van der Waals surface area contributed by atoms with E-state index in [4.69, 9.17) is 4.74 Å². The van der Waals surface area contributed by atoms with Crippen molar-refractivity contribution in [3.05, 3.63) is 64.1 Å². The number of rotatable bonds is 11. The van der Waals surface area contributed by atoms with Crippen molar-refractivity contribution in [3.63, 3.8) is 0 Å². The van der Waals surface area contributed by atoms with E-state index in [1.54, 1.807) is 11.9 Å². The summed E-state index contributed by atoms with van der Waals surface area (Å²) < 4.78 is 5.45. The van der Waals surface area contributed by atoms with Crippen LogP contribution in [0.25, 0.3) is 0 Å². The van der Waals surface area contributed by atoms with E-state index in [-0.39, 0.29) is 24.1 Å². The van der Waals surface area contributed by atoms with Crippen LogP contribution in [0, 0.1) is 6.92 Å². The first-order valence-corrected chi connectivity index (χ1v) is 12.9. The van der Waals surface area contributed by atoms with Gasteiger partial charge in [0.15, 0.2) is 6.10 Å². The fourth-order valence-corrected chi connectivity index (χ4v) is 4.15. The molecule has 0 aliphatic carbocycles. The summed E-state index contributed by atoms with van der Waals surface area (Å²) in [5, 5.41) is 13.6. The molecular formula is C27H39N3O5S. The highest BCUT2D eigenvalue weighted by molar-refractivity contribution is 7.09. The number of nitrogens with one attached hydrogen (secondary N) is 1. The number of esters is 1. The summed E-state index contributed by atoms with van der Waals surface area (Å²) in [6, 6.07) is 9.92. The Hall–Kier alpha value is -3.04. The van der Waals surface area contributed by atoms with Crippen molar-refractivity contribution in [2.75, 3.05) is 7.05 Å². The van der Waals surface area contributed by atoms with Crippen LogP contribution in [0.3, 0.4) is 0 Å². The van der Waals surface area contributed by atoms with Gasteiger partial charge in [0, 0.05) is 32.2 Å². The number of aliphatic hydroxyl groups excluding tert-OH is 1. The molecule has 8 nitrogen and oxygen atoms in total. The van der Waals surface area contributed by atoms with Crippen molar-refractivity contribution in [2.24, 2.45) is 0 Å². The quantitative estimate of drug-likeness (QED) is 0.252. The first-order valence-electron chi connectivity index (χ1n) is 12.0. The van der Waals surface area contributed by atoms with E-state index >= 15 is 0 Å². The Morgan fingerprint density at radius 3 is 2.33 bits per heavy atom. The number of thiazole rings is 1. The van der Waals surface area contributed by atoms with E-state index in [1.807, 2.05) is 32.0 Å². The van der Waals surface area contributed by atoms with E-state index in [0.29, 0.717) is 11.4 Å². The first kappa shape index (κ1) is 31.0. The number of ether oxygens (including phenoxy) is 1. The van der Waals surface area contributed by atoms with Crippen molar-refractivity contribution in [1.29, 1.82) is 0 Å². The lowest BCUT2D eigenvalue weighted by Crippen LogP contribution is -2.39. The summed E-state index contributed by atoms with van der Waals surface area (Å²) in [6.07, 6.45) is 0.711. The molecule has 0 aliphatic heterocycles. The van der Waals surface area contributed by atoms with Gasteiger partial charge in [-0.2, -0.15) is 0 Å². The number of nitrogens with zero attached hydrogens (tertiary/aromatic N) is 2. The fourth-order valence-electron chi connectivity index (χ4n) is 3.31. The summed E-state index contributed by atoms with van der Waals surface area (Å²) in [6.45, 7) is 12.6. The smallest absolute Gasteiger partial charge is 0.303 e. The Bertz CT molecular complexity index is 990. The van der Waals surface area contributed by atoms with E-state index in [9.17, 15) is 19.5 Å². The molecule has 2 aromatic rings. The number of aryl methyl sites for hydroxylation is 1. The molecule has 2 amide bonds. The van der Waals surface area contributed by atoms with Gasteiger partial charge in [0.05, 0.1) is 6.04 Å². The van der Waals surface area contributed by atoms with Crippen LogP contribution >= 0.6 is 11.3 Å². The third kappa shape index (κ3) is 11.1. The maximum Gasteiger partial charge on any atom is 0.303 e. The number of hydrogen-bond acceptors (Lipinski definition) is 7. The maximum absolute atomic E-state index is 12.5. The zero-order chi connectivity index (χ0) is 27.3. The second-order valence-corrected chi connectivity index (χ2v) is 9.57. The molecule has 1 aromatic heterocycles. The molecule has 0 saturated heterocycles. The Labute approximate surface area is 218 Å². The minimum Gasteiger partial charge on any atom is -0.455 e. The maximum atomic E-state index is 12.5. The molecule has 0 bridgehead atoms. The summed E-state index contributed by atoms with van der Waals surface area (Å²) in [5.74, 6) is -1.01. The van der Waals surface area contributed by atoms with Crippen LogP contribution in [0.2, 0.25) is 0 Å². The molecule has 2 rings (SSSR count). The van der Waals surface area contributed by atoms with Crippen molar-refractivity contribution in [1.82, 2.24) is 15.2 Å². The minimum atomic E-state index is -1.01. The lowest BCUT2D eigenvalue weighted by molar-refractivity contribution is -0.147. The van der Waals surface area contributed by atoms with Crippen LogP contribution in [0.4, 0.5) is 0 Å². The zero-order valence-electron chi connectivity index (χ0n) is 22.1. The van der Waals surface area contributed by atoms with E-state index in [0.717, 1.165) is 18.4 Å². The van der Waals surface area contributed by atoms with Gasteiger partial charge >= 0.3 is 5.97 Å². The van der Waals surface area contributed by atoms with Gasteiger partial charge in [0.2, 0.25) is 5.91 Å². The number of aromatic nitrogens is 1.